The molecule has 0 aromatic heterocycles. The molecule has 0 spiro atoms. The third-order valence-electron chi connectivity index (χ3n) is 7.03. The zero-order valence-electron chi connectivity index (χ0n) is 9.79. The molecule has 4 heteroatoms. The molecule has 0 aromatic rings. The van der Waals surface area contributed by atoms with Crippen LogP contribution in [0.2, 0.25) is 0 Å². The van der Waals surface area contributed by atoms with Gasteiger partial charge in [-0.3, -0.25) is 4.99 Å². The van der Waals surface area contributed by atoms with Crippen LogP contribution in [-0.2, 0) is 0 Å². The minimum atomic E-state index is -0.561. The van der Waals surface area contributed by atoms with Crippen molar-refractivity contribution in [3.05, 3.63) is 0 Å². The van der Waals surface area contributed by atoms with Gasteiger partial charge in [-0.15, -0.1) is 0 Å². The second kappa shape index (κ2) is 2.35. The summed E-state index contributed by atoms with van der Waals surface area (Å²) in [5.74, 6) is 6.31. The fraction of sp³-hybridized carbons (Fsp3) is 0.923. The molecule has 2 bridgehead atoms. The van der Waals surface area contributed by atoms with Gasteiger partial charge in [-0.1, -0.05) is 0 Å². The lowest BCUT2D eigenvalue weighted by molar-refractivity contribution is -0.123. The van der Waals surface area contributed by atoms with Crippen LogP contribution in [0.4, 0.5) is 0 Å². The lowest BCUT2D eigenvalue weighted by Gasteiger charge is -2.51. The molecule has 92 valence electrons. The first-order chi connectivity index (χ1) is 8.13. The molecule has 9 unspecified atom stereocenters. The van der Waals surface area contributed by atoms with E-state index in [2.05, 4.69) is 4.99 Å². The number of rotatable bonds is 2. The molecule has 9 atom stereocenters. The monoisotopic (exact) mass is 233 g/mol. The van der Waals surface area contributed by atoms with Gasteiger partial charge < -0.3 is 16.6 Å². The molecule has 0 aromatic carbocycles. The molecule has 0 radical (unpaired) electrons. The van der Waals surface area contributed by atoms with Gasteiger partial charge in [0.1, 0.15) is 0 Å². The van der Waals surface area contributed by atoms with E-state index < -0.39 is 5.60 Å². The van der Waals surface area contributed by atoms with Crippen LogP contribution in [0.25, 0.3) is 0 Å². The summed E-state index contributed by atoms with van der Waals surface area (Å²) in [4.78, 5) is 4.14. The Labute approximate surface area is 100 Å². The van der Waals surface area contributed by atoms with E-state index in [1.165, 1.54) is 12.8 Å². The molecule has 4 nitrogen and oxygen atoms in total. The molecule has 0 saturated heterocycles. The van der Waals surface area contributed by atoms with Crippen LogP contribution >= 0.6 is 0 Å². The fourth-order valence-electron chi connectivity index (χ4n) is 7.15. The molecule has 5 aliphatic rings. The van der Waals surface area contributed by atoms with Crippen molar-refractivity contribution in [1.29, 1.82) is 0 Å². The van der Waals surface area contributed by atoms with E-state index in [0.717, 1.165) is 35.5 Å². The maximum Gasteiger partial charge on any atom is 0.186 e. The normalized spacial score (nSPS) is 67.6. The number of nitrogens with two attached hydrogens (primary N) is 2. The van der Waals surface area contributed by atoms with Crippen LogP contribution < -0.4 is 11.5 Å². The molecule has 0 heterocycles. The summed E-state index contributed by atoms with van der Waals surface area (Å²) in [5, 5.41) is 11.1. The van der Waals surface area contributed by atoms with Gasteiger partial charge in [0.2, 0.25) is 0 Å². The Kier molecular flexibility index (Phi) is 1.27. The summed E-state index contributed by atoms with van der Waals surface area (Å²) in [6.07, 6.45) is 2.78. The standard InChI is InChI=1S/C13H19N3O/c14-12(15)16-3-13(17)10-5-2-6-8-4(5)1-7(10)9(8)11(6)13/h4-11,17H,1-3H2,(H4,14,15,16). The minimum Gasteiger partial charge on any atom is -0.387 e. The van der Waals surface area contributed by atoms with Crippen LogP contribution in [0, 0.1) is 47.3 Å². The number of aliphatic hydroxyl groups is 1. The van der Waals surface area contributed by atoms with Gasteiger partial charge in [0, 0.05) is 0 Å². The molecule has 5 aliphatic carbocycles. The van der Waals surface area contributed by atoms with E-state index in [4.69, 9.17) is 11.5 Å². The Balaban J connectivity index is 1.60. The molecule has 5 N–H and O–H groups in total. The number of guanidine groups is 1. The molecule has 5 saturated carbocycles. The summed E-state index contributed by atoms with van der Waals surface area (Å²) in [6.45, 7) is 0.449. The lowest BCUT2D eigenvalue weighted by atomic mass is 9.56. The van der Waals surface area contributed by atoms with Crippen LogP contribution in [0.5, 0.6) is 0 Å². The summed E-state index contributed by atoms with van der Waals surface area (Å²) < 4.78 is 0. The SMILES string of the molecule is NC(N)=NCC1(O)C2C3CC4C5C3CC2C5C41. The first-order valence-electron chi connectivity index (χ1n) is 6.90. The second-order valence-corrected chi connectivity index (χ2v) is 7.07. The highest BCUT2D eigenvalue weighted by molar-refractivity contribution is 5.75. The van der Waals surface area contributed by atoms with Crippen molar-refractivity contribution in [2.24, 2.45) is 63.8 Å². The van der Waals surface area contributed by atoms with Crippen LogP contribution in [0.1, 0.15) is 12.8 Å². The van der Waals surface area contributed by atoms with Crippen molar-refractivity contribution in [2.45, 2.75) is 18.4 Å². The van der Waals surface area contributed by atoms with Crippen molar-refractivity contribution in [3.63, 3.8) is 0 Å². The van der Waals surface area contributed by atoms with E-state index in [9.17, 15) is 5.11 Å². The minimum absolute atomic E-state index is 0.122. The lowest BCUT2D eigenvalue weighted by Crippen LogP contribution is -2.56. The molecule has 5 fully saturated rings. The number of hydrogen-bond acceptors (Lipinski definition) is 2. The molecule has 0 amide bonds. The first-order valence-corrected chi connectivity index (χ1v) is 6.90. The summed E-state index contributed by atoms with van der Waals surface area (Å²) in [6, 6.07) is 0. The predicted molar refractivity (Wildman–Crippen MR) is 62.8 cm³/mol. The molecule has 5 rings (SSSR count). The highest BCUT2D eigenvalue weighted by Gasteiger charge is 2.84. The van der Waals surface area contributed by atoms with E-state index >= 15 is 0 Å². The highest BCUT2D eigenvalue weighted by Crippen LogP contribution is 2.85. The Morgan fingerprint density at radius 2 is 1.76 bits per heavy atom. The number of hydrogen-bond donors (Lipinski definition) is 3. The van der Waals surface area contributed by atoms with Crippen molar-refractivity contribution in [1.82, 2.24) is 0 Å². The van der Waals surface area contributed by atoms with Crippen molar-refractivity contribution in [2.75, 3.05) is 6.54 Å². The van der Waals surface area contributed by atoms with E-state index in [0.29, 0.717) is 18.4 Å². The van der Waals surface area contributed by atoms with Crippen molar-refractivity contribution < 1.29 is 5.11 Å². The number of aliphatic imine (C=N–C) groups is 1. The zero-order chi connectivity index (χ0) is 11.5. The van der Waals surface area contributed by atoms with E-state index in [-0.39, 0.29) is 5.96 Å². The average molecular weight is 233 g/mol. The number of fused-ring (bicyclic) bond motifs is 2. The molecular weight excluding hydrogens is 214 g/mol. The summed E-state index contributed by atoms with van der Waals surface area (Å²) >= 11 is 0. The van der Waals surface area contributed by atoms with Crippen LogP contribution in [-0.4, -0.2) is 23.2 Å². The van der Waals surface area contributed by atoms with Gasteiger partial charge in [0.05, 0.1) is 12.1 Å². The fourth-order valence-corrected chi connectivity index (χ4v) is 7.15. The quantitative estimate of drug-likeness (QED) is 0.455. The summed E-state index contributed by atoms with van der Waals surface area (Å²) in [7, 11) is 0. The van der Waals surface area contributed by atoms with Gasteiger partial charge in [0.15, 0.2) is 5.96 Å². The highest BCUT2D eigenvalue weighted by atomic mass is 16.3. The van der Waals surface area contributed by atoms with Crippen molar-refractivity contribution in [3.8, 4) is 0 Å². The second-order valence-electron chi connectivity index (χ2n) is 7.07. The maximum atomic E-state index is 11.1. The first kappa shape index (κ1) is 9.20. The molecular formula is C13H19N3O. The largest absolute Gasteiger partial charge is 0.387 e. The van der Waals surface area contributed by atoms with Crippen LogP contribution in [0.3, 0.4) is 0 Å². The zero-order valence-corrected chi connectivity index (χ0v) is 9.79. The topological polar surface area (TPSA) is 84.6 Å². The van der Waals surface area contributed by atoms with Gasteiger partial charge >= 0.3 is 0 Å². The van der Waals surface area contributed by atoms with Gasteiger partial charge in [0.25, 0.3) is 0 Å². The average Bonchev–Trinajstić information content (AvgIpc) is 2.73. The van der Waals surface area contributed by atoms with Gasteiger partial charge in [-0.25, -0.2) is 0 Å². The predicted octanol–water partition coefficient (Wildman–Crippen LogP) is -0.231. The van der Waals surface area contributed by atoms with Gasteiger partial charge in [-0.2, -0.15) is 0 Å². The van der Waals surface area contributed by atoms with Crippen molar-refractivity contribution >= 4 is 5.96 Å². The molecule has 0 aliphatic heterocycles. The molecule has 17 heavy (non-hydrogen) atoms. The van der Waals surface area contributed by atoms with Crippen LogP contribution in [0.15, 0.2) is 4.99 Å². The van der Waals surface area contributed by atoms with E-state index in [1.54, 1.807) is 0 Å². The maximum absolute atomic E-state index is 11.1. The Bertz CT molecular complexity index is 440. The third kappa shape index (κ3) is 0.711. The van der Waals surface area contributed by atoms with E-state index in [1.807, 2.05) is 0 Å². The number of nitrogens with zero attached hydrogens (tertiary/aromatic N) is 1. The Morgan fingerprint density at radius 1 is 1.06 bits per heavy atom. The Morgan fingerprint density at radius 3 is 2.53 bits per heavy atom. The third-order valence-corrected chi connectivity index (χ3v) is 7.03. The smallest absolute Gasteiger partial charge is 0.186 e. The summed E-state index contributed by atoms with van der Waals surface area (Å²) in [5.41, 5.74) is 10.3. The van der Waals surface area contributed by atoms with Gasteiger partial charge in [-0.05, 0) is 60.2 Å². The Hall–Kier alpha value is -0.770.